The first-order chi connectivity index (χ1) is 7.74. The number of fused-ring (bicyclic) bond motifs is 2. The van der Waals surface area contributed by atoms with Crippen molar-refractivity contribution in [2.45, 2.75) is 13.3 Å². The van der Waals surface area contributed by atoms with E-state index in [4.69, 9.17) is 4.52 Å². The minimum atomic E-state index is -0.238. The average Bonchev–Trinajstić information content (AvgIpc) is 2.92. The molecule has 5 heteroatoms. The fourth-order valence-electron chi connectivity index (χ4n) is 1.85. The van der Waals surface area contributed by atoms with E-state index in [1.165, 1.54) is 11.3 Å². The molecule has 0 saturated carbocycles. The fraction of sp³-hybridized carbons (Fsp3) is 0.182. The highest BCUT2D eigenvalue weighted by Gasteiger charge is 2.36. The second kappa shape index (κ2) is 3.12. The van der Waals surface area contributed by atoms with Crippen LogP contribution in [0.4, 0.5) is 0 Å². The van der Waals surface area contributed by atoms with E-state index in [2.05, 4.69) is 5.16 Å². The van der Waals surface area contributed by atoms with Crippen molar-refractivity contribution in [2.24, 2.45) is 0 Å². The van der Waals surface area contributed by atoms with Gasteiger partial charge in [0.15, 0.2) is 0 Å². The number of hydrogen-bond donors (Lipinski definition) is 0. The maximum absolute atomic E-state index is 12.1. The molecule has 0 N–H and O–H groups in total. The van der Waals surface area contributed by atoms with Crippen LogP contribution in [-0.4, -0.2) is 16.7 Å². The molecule has 4 nitrogen and oxygen atoms in total. The summed E-state index contributed by atoms with van der Waals surface area (Å²) in [5.74, 6) is -0.288. The molecule has 0 bridgehead atoms. The normalized spacial score (nSPS) is 13.8. The summed E-state index contributed by atoms with van der Waals surface area (Å²) in [4.78, 5) is 24.6. The van der Waals surface area contributed by atoms with Crippen molar-refractivity contribution in [1.82, 2.24) is 5.16 Å². The predicted molar refractivity (Wildman–Crippen MR) is 57.1 cm³/mol. The molecule has 3 rings (SSSR count). The van der Waals surface area contributed by atoms with E-state index in [-0.39, 0.29) is 17.3 Å². The van der Waals surface area contributed by atoms with Crippen LogP contribution in [0.5, 0.6) is 0 Å². The molecular weight excluding hydrogens is 226 g/mol. The highest BCUT2D eigenvalue weighted by molar-refractivity contribution is 7.12. The first-order valence-corrected chi connectivity index (χ1v) is 5.77. The van der Waals surface area contributed by atoms with Gasteiger partial charge in [-0.2, -0.15) is 0 Å². The van der Waals surface area contributed by atoms with Gasteiger partial charge in [0.2, 0.25) is 17.3 Å². The molecule has 1 aliphatic rings. The molecule has 2 aromatic rings. The lowest BCUT2D eigenvalue weighted by molar-refractivity contribution is 0.0958. The van der Waals surface area contributed by atoms with E-state index in [1.807, 2.05) is 6.92 Å². The van der Waals surface area contributed by atoms with E-state index in [0.29, 0.717) is 28.1 Å². The first-order valence-electron chi connectivity index (χ1n) is 4.89. The largest absolute Gasteiger partial charge is 0.352 e. The zero-order valence-electron chi connectivity index (χ0n) is 8.44. The number of carbonyl (C=O) groups is 2. The molecule has 2 heterocycles. The Balaban J connectivity index is 2.31. The van der Waals surface area contributed by atoms with Crippen molar-refractivity contribution in [3.8, 4) is 0 Å². The summed E-state index contributed by atoms with van der Waals surface area (Å²) >= 11 is 1.28. The lowest BCUT2D eigenvalue weighted by Gasteiger charge is -2.07. The van der Waals surface area contributed by atoms with Crippen LogP contribution < -0.4 is 0 Å². The van der Waals surface area contributed by atoms with Crippen molar-refractivity contribution >= 4 is 22.9 Å². The Morgan fingerprint density at radius 1 is 1.38 bits per heavy atom. The average molecular weight is 233 g/mol. The molecule has 80 valence electrons. The van der Waals surface area contributed by atoms with Gasteiger partial charge in [0.1, 0.15) is 0 Å². The Kier molecular flexibility index (Phi) is 1.85. The standard InChI is InChI=1S/C11H7NO3S/c1-2-6-7-9(14)11-5(3-4-16-11)8(13)10(7)15-12-6/h3-4H,2H2,1H3. The molecule has 0 aliphatic heterocycles. The van der Waals surface area contributed by atoms with E-state index >= 15 is 0 Å². The summed E-state index contributed by atoms with van der Waals surface area (Å²) < 4.78 is 4.97. The molecule has 16 heavy (non-hydrogen) atoms. The molecule has 0 fully saturated rings. The number of hydrogen-bond acceptors (Lipinski definition) is 5. The molecule has 1 aliphatic carbocycles. The van der Waals surface area contributed by atoms with Gasteiger partial charge < -0.3 is 4.52 Å². The lowest BCUT2D eigenvalue weighted by Crippen LogP contribution is -2.17. The molecule has 0 amide bonds. The van der Waals surface area contributed by atoms with Crippen LogP contribution in [0.3, 0.4) is 0 Å². The Morgan fingerprint density at radius 2 is 2.19 bits per heavy atom. The number of ketones is 2. The highest BCUT2D eigenvalue weighted by atomic mass is 32.1. The fourth-order valence-corrected chi connectivity index (χ4v) is 2.69. The van der Waals surface area contributed by atoms with Crippen LogP contribution in [0.2, 0.25) is 0 Å². The lowest BCUT2D eigenvalue weighted by atomic mass is 9.93. The summed E-state index contributed by atoms with van der Waals surface area (Å²) in [6.45, 7) is 1.87. The predicted octanol–water partition coefficient (Wildman–Crippen LogP) is 2.07. The van der Waals surface area contributed by atoms with E-state index in [0.717, 1.165) is 0 Å². The third-order valence-corrected chi connectivity index (χ3v) is 3.56. The van der Waals surface area contributed by atoms with Gasteiger partial charge in [0.25, 0.3) is 0 Å². The third-order valence-electron chi connectivity index (χ3n) is 2.65. The quantitative estimate of drug-likeness (QED) is 0.645. The Morgan fingerprint density at radius 3 is 2.94 bits per heavy atom. The highest BCUT2D eigenvalue weighted by Crippen LogP contribution is 2.32. The van der Waals surface area contributed by atoms with Crippen molar-refractivity contribution < 1.29 is 14.1 Å². The van der Waals surface area contributed by atoms with Gasteiger partial charge in [-0.1, -0.05) is 12.1 Å². The van der Waals surface area contributed by atoms with E-state index in [9.17, 15) is 9.59 Å². The Hall–Kier alpha value is -1.75. The van der Waals surface area contributed by atoms with Gasteiger partial charge >= 0.3 is 0 Å². The van der Waals surface area contributed by atoms with E-state index in [1.54, 1.807) is 11.4 Å². The topological polar surface area (TPSA) is 60.2 Å². The zero-order chi connectivity index (χ0) is 11.3. The van der Waals surface area contributed by atoms with Gasteiger partial charge in [-0.05, 0) is 17.9 Å². The van der Waals surface area contributed by atoms with Crippen LogP contribution in [-0.2, 0) is 6.42 Å². The summed E-state index contributed by atoms with van der Waals surface area (Å²) in [5.41, 5.74) is 1.34. The van der Waals surface area contributed by atoms with Crippen molar-refractivity contribution in [1.29, 1.82) is 0 Å². The third kappa shape index (κ3) is 1.01. The molecule has 0 unspecified atom stereocenters. The van der Waals surface area contributed by atoms with E-state index < -0.39 is 0 Å². The monoisotopic (exact) mass is 233 g/mol. The maximum Gasteiger partial charge on any atom is 0.233 e. The Labute approximate surface area is 94.9 Å². The van der Waals surface area contributed by atoms with Crippen molar-refractivity contribution in [2.75, 3.05) is 0 Å². The molecule has 0 atom stereocenters. The van der Waals surface area contributed by atoms with Crippen LogP contribution in [0, 0.1) is 0 Å². The van der Waals surface area contributed by atoms with Crippen LogP contribution in [0.1, 0.15) is 44.0 Å². The number of thiophene rings is 1. The molecular formula is C11H7NO3S. The Bertz CT molecular complexity index is 609. The molecule has 2 aromatic heterocycles. The molecule has 0 spiro atoms. The van der Waals surface area contributed by atoms with Gasteiger partial charge in [-0.25, -0.2) is 0 Å². The van der Waals surface area contributed by atoms with Gasteiger partial charge in [-0.3, -0.25) is 9.59 Å². The molecule has 0 saturated heterocycles. The van der Waals surface area contributed by atoms with Gasteiger partial charge in [0, 0.05) is 5.56 Å². The van der Waals surface area contributed by atoms with Crippen LogP contribution in [0.25, 0.3) is 0 Å². The van der Waals surface area contributed by atoms with Crippen molar-refractivity contribution in [3.05, 3.63) is 38.9 Å². The van der Waals surface area contributed by atoms with Crippen LogP contribution >= 0.6 is 11.3 Å². The summed E-state index contributed by atoms with van der Waals surface area (Å²) in [7, 11) is 0. The zero-order valence-corrected chi connectivity index (χ0v) is 9.26. The SMILES string of the molecule is CCc1noc2c1C(=O)c1sccc1C2=O. The minimum Gasteiger partial charge on any atom is -0.352 e. The molecule has 0 radical (unpaired) electrons. The van der Waals surface area contributed by atoms with Crippen LogP contribution in [0.15, 0.2) is 16.0 Å². The smallest absolute Gasteiger partial charge is 0.233 e. The number of aromatic nitrogens is 1. The maximum atomic E-state index is 12.1. The summed E-state index contributed by atoms with van der Waals surface area (Å²) in [5, 5.41) is 5.51. The first kappa shape index (κ1) is 9.47. The van der Waals surface area contributed by atoms with Crippen molar-refractivity contribution in [3.63, 3.8) is 0 Å². The number of rotatable bonds is 1. The second-order valence-corrected chi connectivity index (χ2v) is 4.42. The second-order valence-electron chi connectivity index (χ2n) is 3.51. The minimum absolute atomic E-state index is 0.0905. The summed E-state index contributed by atoms with van der Waals surface area (Å²) in [6.07, 6.45) is 0.582. The summed E-state index contributed by atoms with van der Waals surface area (Å²) in [6, 6.07) is 1.65. The van der Waals surface area contributed by atoms with Gasteiger partial charge in [0.05, 0.1) is 16.1 Å². The number of nitrogens with zero attached hydrogens (tertiary/aromatic N) is 1. The number of carbonyl (C=O) groups excluding carboxylic acids is 2. The van der Waals surface area contributed by atoms with Gasteiger partial charge in [-0.15, -0.1) is 11.3 Å². The number of aryl methyl sites for hydroxylation is 1. The molecule has 0 aromatic carbocycles.